The van der Waals surface area contributed by atoms with Crippen LogP contribution in [0, 0.1) is 23.7 Å². The summed E-state index contributed by atoms with van der Waals surface area (Å²) < 4.78 is 11.6. The molecule has 0 aliphatic rings. The van der Waals surface area contributed by atoms with Gasteiger partial charge in [-0.25, -0.2) is 0 Å². The SMILES string of the molecule is CC(C)CCCCCC(CS)C(=O)[O][Sn]([CH3])([CH3])[O]C(=O)C(CS)CCCCCC(C)C. The van der Waals surface area contributed by atoms with E-state index >= 15 is 0 Å². The van der Waals surface area contributed by atoms with Crippen molar-refractivity contribution in [3.05, 3.63) is 0 Å². The Hall–Kier alpha value is 0.439. The second-order valence-corrected chi connectivity index (χ2v) is 20.0. The molecule has 0 bridgehead atoms. The molecule has 7 heteroatoms. The first-order valence-corrected chi connectivity index (χ1v) is 21.5. The van der Waals surface area contributed by atoms with Gasteiger partial charge in [0.15, 0.2) is 0 Å². The van der Waals surface area contributed by atoms with Crippen LogP contribution in [0.4, 0.5) is 0 Å². The summed E-state index contributed by atoms with van der Waals surface area (Å²) in [5, 5.41) is 0. The fourth-order valence-electron chi connectivity index (χ4n) is 3.48. The number of hydrogen-bond donors (Lipinski definition) is 2. The van der Waals surface area contributed by atoms with Crippen molar-refractivity contribution in [1.82, 2.24) is 0 Å². The van der Waals surface area contributed by atoms with Crippen molar-refractivity contribution >= 4 is 56.4 Å². The second-order valence-electron chi connectivity index (χ2n) is 10.1. The zero-order chi connectivity index (χ0) is 23.9. The molecule has 4 nitrogen and oxygen atoms in total. The van der Waals surface area contributed by atoms with Gasteiger partial charge >= 0.3 is 209 Å². The summed E-state index contributed by atoms with van der Waals surface area (Å²) in [6.07, 6.45) is 10.6. The number of thiol groups is 2. The standard InChI is InChI=1S/2C11H22O2S.2CH3.Sn/c2*1-9(2)6-4-3-5-7-10(8-14)11(12)13;;;/h2*9-10,14H,3-8H2,1-2H3,(H,12,13);2*1H3;/q;;;;+2/p-2. The molecule has 184 valence electrons. The van der Waals surface area contributed by atoms with Gasteiger partial charge in [-0.15, -0.1) is 0 Å². The van der Waals surface area contributed by atoms with Crippen molar-refractivity contribution in [2.45, 2.75) is 102 Å². The topological polar surface area (TPSA) is 52.6 Å². The van der Waals surface area contributed by atoms with Gasteiger partial charge in [-0.05, 0) is 0 Å². The molecule has 0 amide bonds. The van der Waals surface area contributed by atoms with E-state index in [9.17, 15) is 9.59 Å². The Bertz CT molecular complexity index is 456. The number of hydrogen-bond acceptors (Lipinski definition) is 6. The molecule has 0 saturated heterocycles. The van der Waals surface area contributed by atoms with E-state index < -0.39 is 19.2 Å². The summed E-state index contributed by atoms with van der Waals surface area (Å²) in [7, 11) is 0. The molecule has 0 rings (SSSR count). The van der Waals surface area contributed by atoms with Gasteiger partial charge in [-0.2, -0.15) is 0 Å². The Morgan fingerprint density at radius 3 is 1.26 bits per heavy atom. The van der Waals surface area contributed by atoms with Gasteiger partial charge in [0.2, 0.25) is 0 Å². The van der Waals surface area contributed by atoms with Crippen LogP contribution in [0.5, 0.6) is 0 Å². The minimum atomic E-state index is -3.72. The molecular formula is C24H48O4S2Sn. The minimum absolute atomic E-state index is 0.223. The summed E-state index contributed by atoms with van der Waals surface area (Å²) in [5.41, 5.74) is 0. The molecule has 0 aromatic carbocycles. The predicted octanol–water partition coefficient (Wildman–Crippen LogP) is 7.08. The zero-order valence-corrected chi connectivity index (χ0v) is 25.5. The van der Waals surface area contributed by atoms with E-state index in [-0.39, 0.29) is 23.8 Å². The van der Waals surface area contributed by atoms with Crippen LogP contribution in [0.15, 0.2) is 0 Å². The Kier molecular flexibility index (Phi) is 18.1. The maximum absolute atomic E-state index is 12.7. The predicted molar refractivity (Wildman–Crippen MR) is 140 cm³/mol. The van der Waals surface area contributed by atoms with Gasteiger partial charge in [0.05, 0.1) is 0 Å². The van der Waals surface area contributed by atoms with Crippen LogP contribution in [0.2, 0.25) is 9.88 Å². The van der Waals surface area contributed by atoms with E-state index in [2.05, 4.69) is 53.0 Å². The van der Waals surface area contributed by atoms with Gasteiger partial charge in [0.25, 0.3) is 0 Å². The Labute approximate surface area is 208 Å². The number of carbonyl (C=O) groups excluding carboxylic acids is 2. The molecule has 0 spiro atoms. The Morgan fingerprint density at radius 2 is 0.968 bits per heavy atom. The van der Waals surface area contributed by atoms with Crippen LogP contribution in [0.3, 0.4) is 0 Å². The quantitative estimate of drug-likeness (QED) is 0.103. The molecule has 0 aromatic heterocycles. The first kappa shape index (κ1) is 31.4. The molecule has 0 radical (unpaired) electrons. The number of rotatable bonds is 18. The van der Waals surface area contributed by atoms with E-state index in [1.807, 2.05) is 9.88 Å². The molecule has 31 heavy (non-hydrogen) atoms. The van der Waals surface area contributed by atoms with Crippen LogP contribution in [-0.4, -0.2) is 42.6 Å². The first-order valence-electron chi connectivity index (χ1n) is 12.2. The van der Waals surface area contributed by atoms with E-state index in [1.54, 1.807) is 0 Å². The average Bonchev–Trinajstić information content (AvgIpc) is 2.65. The summed E-state index contributed by atoms with van der Waals surface area (Å²) in [5.74, 6) is 1.43. The molecule has 0 aliphatic carbocycles. The normalized spacial score (nSPS) is 14.0. The molecule has 2 atom stereocenters. The van der Waals surface area contributed by atoms with E-state index in [0.717, 1.165) is 50.4 Å². The van der Waals surface area contributed by atoms with Crippen molar-refractivity contribution in [3.63, 3.8) is 0 Å². The summed E-state index contributed by atoms with van der Waals surface area (Å²) in [6, 6.07) is 0. The van der Waals surface area contributed by atoms with Crippen LogP contribution in [-0.2, 0) is 15.7 Å². The van der Waals surface area contributed by atoms with Gasteiger partial charge in [-0.3, -0.25) is 0 Å². The van der Waals surface area contributed by atoms with Crippen LogP contribution in [0.1, 0.15) is 91.9 Å². The maximum atomic E-state index is 12.7. The van der Waals surface area contributed by atoms with Crippen molar-refractivity contribution in [1.29, 1.82) is 0 Å². The van der Waals surface area contributed by atoms with Crippen LogP contribution in [0.25, 0.3) is 0 Å². The molecule has 2 unspecified atom stereocenters. The average molecular weight is 583 g/mol. The fourth-order valence-corrected chi connectivity index (χ4v) is 7.98. The Balaban J connectivity index is 4.45. The van der Waals surface area contributed by atoms with Crippen LogP contribution >= 0.6 is 25.3 Å². The molecule has 0 fully saturated rings. The van der Waals surface area contributed by atoms with Crippen LogP contribution < -0.4 is 0 Å². The monoisotopic (exact) mass is 584 g/mol. The van der Waals surface area contributed by atoms with E-state index in [0.29, 0.717) is 11.5 Å². The van der Waals surface area contributed by atoms with Gasteiger partial charge in [-0.1, -0.05) is 0 Å². The summed E-state index contributed by atoms with van der Waals surface area (Å²) in [6.45, 7) is 8.93. The summed E-state index contributed by atoms with van der Waals surface area (Å²) >= 11 is 4.99. The fraction of sp³-hybridized carbons (Fsp3) is 0.917. The third kappa shape index (κ3) is 16.7. The molecular weight excluding hydrogens is 535 g/mol. The number of carbonyl (C=O) groups is 2. The van der Waals surface area contributed by atoms with Crippen molar-refractivity contribution < 1.29 is 15.7 Å². The summed E-state index contributed by atoms with van der Waals surface area (Å²) in [4.78, 5) is 29.0. The molecule has 0 heterocycles. The van der Waals surface area contributed by atoms with E-state index in [4.69, 9.17) is 6.15 Å². The van der Waals surface area contributed by atoms with Gasteiger partial charge in [0, 0.05) is 0 Å². The third-order valence-electron chi connectivity index (χ3n) is 5.47. The van der Waals surface area contributed by atoms with Crippen molar-refractivity contribution in [2.75, 3.05) is 11.5 Å². The number of unbranched alkanes of at least 4 members (excludes halogenated alkanes) is 4. The van der Waals surface area contributed by atoms with Gasteiger partial charge < -0.3 is 0 Å². The Morgan fingerprint density at radius 1 is 0.645 bits per heavy atom. The molecule has 0 N–H and O–H groups in total. The van der Waals surface area contributed by atoms with Crippen molar-refractivity contribution in [2.24, 2.45) is 23.7 Å². The first-order chi connectivity index (χ1) is 14.5. The molecule has 0 aliphatic heterocycles. The third-order valence-corrected chi connectivity index (χ3v) is 10.3. The second kappa shape index (κ2) is 17.9. The van der Waals surface area contributed by atoms with Gasteiger partial charge in [0.1, 0.15) is 0 Å². The van der Waals surface area contributed by atoms with E-state index in [1.165, 1.54) is 25.7 Å². The molecule has 0 aromatic rings. The zero-order valence-electron chi connectivity index (χ0n) is 20.8. The van der Waals surface area contributed by atoms with Crippen molar-refractivity contribution in [3.8, 4) is 0 Å². The molecule has 0 saturated carbocycles.